The number of para-hydroxylation sites is 4. The number of nitrogen functional groups attached to an aromatic ring is 4. The van der Waals surface area contributed by atoms with E-state index in [-0.39, 0.29) is 70.5 Å². The normalized spacial score (nSPS) is 11.1. The first-order valence-corrected chi connectivity index (χ1v) is 28.1. The number of pyridine rings is 5. The topological polar surface area (TPSA) is 458 Å². The Balaban J connectivity index is 0.000000126. The third-order valence-electron chi connectivity index (χ3n) is 15.3. The molecule has 0 atom stereocenters. The first-order valence-electron chi connectivity index (χ1n) is 28.1. The number of amides is 5. The Kier molecular flexibility index (Phi) is 16.2. The molecule has 0 fully saturated rings. The van der Waals surface area contributed by atoms with E-state index < -0.39 is 29.5 Å². The fourth-order valence-electron chi connectivity index (χ4n) is 11.1. The molecule has 26 heteroatoms. The second-order valence-electron chi connectivity index (χ2n) is 20.9. The van der Waals surface area contributed by atoms with E-state index in [1.807, 2.05) is 108 Å². The van der Waals surface area contributed by atoms with Crippen molar-refractivity contribution in [3.05, 3.63) is 209 Å². The molecule has 9 aromatic heterocycles. The van der Waals surface area contributed by atoms with Gasteiger partial charge < -0.3 is 65.8 Å². The number of benzene rings is 5. The number of aryl methyl sites for hydroxylation is 1. The molecule has 14 rings (SSSR count). The first-order chi connectivity index (χ1) is 44.2. The van der Waals surface area contributed by atoms with Gasteiger partial charge in [0, 0.05) is 67.1 Å². The molecule has 0 saturated heterocycles. The molecule has 0 radical (unpaired) electrons. The molecule has 0 aliphatic carbocycles. The lowest BCUT2D eigenvalue weighted by Gasteiger charge is -2.08. The smallest absolute Gasteiger partial charge is 0.265 e. The van der Waals surface area contributed by atoms with Crippen LogP contribution in [0.3, 0.4) is 0 Å². The van der Waals surface area contributed by atoms with Crippen LogP contribution >= 0.6 is 0 Å². The Morgan fingerprint density at radius 3 is 1.14 bits per heavy atom. The number of nitrogens with two attached hydrogens (primary N) is 9. The molecule has 0 saturated carbocycles. The quantitative estimate of drug-likeness (QED) is 0.0746. The van der Waals surface area contributed by atoms with Crippen molar-refractivity contribution in [3.63, 3.8) is 0 Å². The Morgan fingerprint density at radius 2 is 0.739 bits per heavy atom. The molecule has 0 bridgehead atoms. The monoisotopic (exact) mass is 1230 g/mol. The van der Waals surface area contributed by atoms with Gasteiger partial charge in [0.25, 0.3) is 35.4 Å². The van der Waals surface area contributed by atoms with Gasteiger partial charge in [-0.15, -0.1) is 0 Å². The SMILES string of the molecule is Cc1ncccc1C(=O)n1c2ccccc2c2cc(C(N)=O)c(N)nc21.NC(=O)Cn1c2ccccc2c2cc(C(N)=O)c(N)nc21.NC(=O)c1cc2c3ccccc3n(C(=O)c3ccccc3)c2nc1N.NC(=O)c1cc2c3ccccc3n(CCO)c2nc1N. The van der Waals surface area contributed by atoms with Gasteiger partial charge in [0.05, 0.1) is 56.5 Å². The van der Waals surface area contributed by atoms with Crippen molar-refractivity contribution in [3.8, 4) is 0 Å². The molecule has 0 unspecified atom stereocenters. The van der Waals surface area contributed by atoms with E-state index in [9.17, 15) is 38.7 Å². The van der Waals surface area contributed by atoms with Crippen LogP contribution in [-0.2, 0) is 17.9 Å². The summed E-state index contributed by atoms with van der Waals surface area (Å²) in [5.41, 5.74) is 57.3. The van der Waals surface area contributed by atoms with Gasteiger partial charge in [-0.3, -0.25) is 47.7 Å². The van der Waals surface area contributed by atoms with E-state index in [2.05, 4.69) is 24.9 Å². The highest BCUT2D eigenvalue weighted by Crippen LogP contribution is 2.35. The maximum Gasteiger partial charge on any atom is 0.265 e. The summed E-state index contributed by atoms with van der Waals surface area (Å²) in [6, 6.07) is 48.7. The molecule has 0 aliphatic heterocycles. The second-order valence-corrected chi connectivity index (χ2v) is 20.9. The van der Waals surface area contributed by atoms with Crippen LogP contribution in [-0.4, -0.2) is 96.3 Å². The van der Waals surface area contributed by atoms with E-state index in [4.69, 9.17) is 51.6 Å². The minimum atomic E-state index is -0.664. The standard InChI is InChI=1S/C19H15N5O2.C19H14N4O2.C14H13N5O2.C14H14N4O2/c1-10-11(6-4-8-22-10)19(26)24-15-7-3-2-5-12(15)13-9-14(17(21)25)16(20)23-18(13)24;20-16-14(17(21)24)10-13-12-8-4-5-9-15(12)23(18(13)22-16)19(25)11-6-2-1-3-7-11;15-11(20)6-19-10-4-2-1-3-7(10)8-5-9(13(17)21)12(16)18-14(8)19;15-12-10(13(16)20)7-9-8-3-1-2-4-11(8)18(5-6-19)14(9)17-12/h2-9H,1H3,(H2,20,23)(H2,21,25);1-10H,(H2,20,22)(H2,21,24);1-5H,6H2,(H2,15,20)(H2,16,18)(H2,17,21);1-4,7,19H,5-6H2,(H2,15,17)(H2,16,20). The van der Waals surface area contributed by atoms with Crippen molar-refractivity contribution in [1.82, 2.24) is 43.2 Å². The van der Waals surface area contributed by atoms with E-state index in [0.717, 1.165) is 38.0 Å². The highest BCUT2D eigenvalue weighted by atomic mass is 16.3. The van der Waals surface area contributed by atoms with E-state index in [1.54, 1.807) is 78.4 Å². The average molecular weight is 1230 g/mol. The van der Waals surface area contributed by atoms with Gasteiger partial charge >= 0.3 is 0 Å². The van der Waals surface area contributed by atoms with Crippen LogP contribution in [0.4, 0.5) is 23.3 Å². The Morgan fingerprint density at radius 1 is 0.391 bits per heavy atom. The van der Waals surface area contributed by atoms with E-state index in [0.29, 0.717) is 73.1 Å². The molecular formula is C66H56N18O8. The highest BCUT2D eigenvalue weighted by Gasteiger charge is 2.25. The number of aliphatic hydroxyl groups is 1. The van der Waals surface area contributed by atoms with Crippen LogP contribution in [0.1, 0.15) is 67.8 Å². The summed E-state index contributed by atoms with van der Waals surface area (Å²) < 4.78 is 6.57. The molecular weight excluding hydrogens is 1170 g/mol. The number of hydrogen-bond acceptors (Lipinski definition) is 17. The van der Waals surface area contributed by atoms with Gasteiger partial charge in [-0.2, -0.15) is 0 Å². The molecule has 458 valence electrons. The van der Waals surface area contributed by atoms with Crippen molar-refractivity contribution in [2.24, 2.45) is 28.7 Å². The van der Waals surface area contributed by atoms with Gasteiger partial charge in [0.1, 0.15) is 41.1 Å². The number of carbonyl (C=O) groups is 7. The first kappa shape index (κ1) is 60.6. The lowest BCUT2D eigenvalue weighted by Crippen LogP contribution is -2.19. The predicted octanol–water partition coefficient (Wildman–Crippen LogP) is 6.04. The molecule has 9 heterocycles. The number of aliphatic hydroxyl groups excluding tert-OH is 1. The summed E-state index contributed by atoms with van der Waals surface area (Å²) in [4.78, 5) is 105. The van der Waals surface area contributed by atoms with E-state index in [1.165, 1.54) is 9.13 Å². The summed E-state index contributed by atoms with van der Waals surface area (Å²) >= 11 is 0. The fourth-order valence-corrected chi connectivity index (χ4v) is 11.1. The summed E-state index contributed by atoms with van der Waals surface area (Å²) in [5, 5.41) is 15.4. The van der Waals surface area contributed by atoms with Crippen molar-refractivity contribution in [2.45, 2.75) is 20.0 Å². The van der Waals surface area contributed by atoms with Crippen LogP contribution < -0.4 is 51.6 Å². The molecule has 19 N–H and O–H groups in total. The van der Waals surface area contributed by atoms with Crippen LogP contribution in [0, 0.1) is 6.92 Å². The Bertz CT molecular complexity index is 5400. The number of hydrogen-bond donors (Lipinski definition) is 10. The predicted molar refractivity (Wildman–Crippen MR) is 352 cm³/mol. The van der Waals surface area contributed by atoms with Crippen molar-refractivity contribution in [1.29, 1.82) is 0 Å². The number of carbonyl (C=O) groups excluding carboxylic acids is 7. The van der Waals surface area contributed by atoms with Crippen LogP contribution in [0.2, 0.25) is 0 Å². The fraction of sp³-hybridized carbons (Fsp3) is 0.0606. The minimum Gasteiger partial charge on any atom is -0.395 e. The number of aromatic nitrogens is 9. The zero-order valence-electron chi connectivity index (χ0n) is 48.8. The second kappa shape index (κ2) is 24.6. The summed E-state index contributed by atoms with van der Waals surface area (Å²) in [6.07, 6.45) is 1.63. The van der Waals surface area contributed by atoms with Crippen LogP contribution in [0.5, 0.6) is 0 Å². The van der Waals surface area contributed by atoms with Crippen molar-refractivity contribution in [2.75, 3.05) is 29.5 Å². The van der Waals surface area contributed by atoms with Gasteiger partial charge in [-0.25, -0.2) is 19.9 Å². The Labute approximate surface area is 519 Å². The molecule has 14 aromatic rings. The van der Waals surface area contributed by atoms with Crippen LogP contribution in [0.15, 0.2) is 170 Å². The molecule has 26 nitrogen and oxygen atoms in total. The molecule has 92 heavy (non-hydrogen) atoms. The number of fused-ring (bicyclic) bond motifs is 12. The number of rotatable bonds is 10. The lowest BCUT2D eigenvalue weighted by molar-refractivity contribution is -0.118. The summed E-state index contributed by atoms with van der Waals surface area (Å²) in [5.74, 6) is -3.40. The molecule has 5 aromatic carbocycles. The maximum absolute atomic E-state index is 13.2. The summed E-state index contributed by atoms with van der Waals surface area (Å²) in [7, 11) is 0. The van der Waals surface area contributed by atoms with Gasteiger partial charge in [0.15, 0.2) is 11.3 Å². The number of nitrogens with zero attached hydrogens (tertiary/aromatic N) is 9. The van der Waals surface area contributed by atoms with Gasteiger partial charge in [-0.1, -0.05) is 91.0 Å². The average Bonchev–Trinajstić information content (AvgIpc) is 1.62. The van der Waals surface area contributed by atoms with E-state index >= 15 is 0 Å². The third kappa shape index (κ3) is 11.0. The Hall–Kier alpha value is -13.1. The minimum absolute atomic E-state index is 0.00455. The summed E-state index contributed by atoms with van der Waals surface area (Å²) in [6.45, 7) is 2.15. The highest BCUT2D eigenvalue weighted by molar-refractivity contribution is 6.19. The number of anilines is 4. The zero-order valence-corrected chi connectivity index (χ0v) is 48.8. The molecule has 0 spiro atoms. The maximum atomic E-state index is 13.2. The van der Waals surface area contributed by atoms with Gasteiger partial charge in [-0.05, 0) is 79.7 Å². The largest absolute Gasteiger partial charge is 0.395 e. The molecule has 5 amide bonds. The van der Waals surface area contributed by atoms with Crippen molar-refractivity contribution < 1.29 is 38.7 Å². The lowest BCUT2D eigenvalue weighted by atomic mass is 10.1. The zero-order chi connectivity index (χ0) is 65.4. The third-order valence-corrected chi connectivity index (χ3v) is 15.3. The molecule has 0 aliphatic rings. The van der Waals surface area contributed by atoms with Gasteiger partial charge in [0.2, 0.25) is 5.91 Å². The number of primary amides is 5. The van der Waals surface area contributed by atoms with Crippen LogP contribution in [0.25, 0.3) is 87.7 Å². The van der Waals surface area contributed by atoms with Crippen molar-refractivity contribution >= 4 is 152 Å².